The number of amides is 1. The molecule has 3 N–H and O–H groups in total. The second-order valence-corrected chi connectivity index (χ2v) is 3.86. The van der Waals surface area contributed by atoms with Gasteiger partial charge in [0.15, 0.2) is 0 Å². The van der Waals surface area contributed by atoms with Crippen molar-refractivity contribution in [3.63, 3.8) is 0 Å². The van der Waals surface area contributed by atoms with Crippen molar-refractivity contribution in [3.8, 4) is 0 Å². The lowest BCUT2D eigenvalue weighted by molar-refractivity contribution is -0.117. The van der Waals surface area contributed by atoms with E-state index in [1.54, 1.807) is 12.1 Å². The normalized spacial score (nSPS) is 12.2. The van der Waals surface area contributed by atoms with Crippen molar-refractivity contribution >= 4 is 11.6 Å². The standard InChI is InChI=1S/C12H17FN2O2/c1-8-3-4-9(13)11(7-8)15-12(16)10(14)5-6-17-2/h3-4,7,10H,5-6,14H2,1-2H3,(H,15,16). The van der Waals surface area contributed by atoms with Gasteiger partial charge in [-0.15, -0.1) is 0 Å². The van der Waals surface area contributed by atoms with Gasteiger partial charge >= 0.3 is 0 Å². The molecule has 1 aromatic rings. The van der Waals surface area contributed by atoms with Gasteiger partial charge in [-0.25, -0.2) is 4.39 Å². The summed E-state index contributed by atoms with van der Waals surface area (Å²) in [6.45, 7) is 2.21. The Morgan fingerprint density at radius 2 is 2.29 bits per heavy atom. The SMILES string of the molecule is COCCC(N)C(=O)Nc1cc(C)ccc1F. The zero-order chi connectivity index (χ0) is 12.8. The van der Waals surface area contributed by atoms with Crippen LogP contribution in [0.3, 0.4) is 0 Å². The number of nitrogens with two attached hydrogens (primary N) is 1. The van der Waals surface area contributed by atoms with Crippen molar-refractivity contribution in [1.29, 1.82) is 0 Å². The molecule has 0 spiro atoms. The smallest absolute Gasteiger partial charge is 0.241 e. The number of halogens is 1. The number of hydrogen-bond donors (Lipinski definition) is 2. The average Bonchev–Trinajstić information content (AvgIpc) is 2.30. The van der Waals surface area contributed by atoms with Crippen LogP contribution in [0.5, 0.6) is 0 Å². The molecule has 0 aliphatic rings. The van der Waals surface area contributed by atoms with E-state index < -0.39 is 17.8 Å². The van der Waals surface area contributed by atoms with Gasteiger partial charge in [0.1, 0.15) is 5.82 Å². The molecule has 0 heterocycles. The minimum Gasteiger partial charge on any atom is -0.385 e. The van der Waals surface area contributed by atoms with Gasteiger partial charge < -0.3 is 15.8 Å². The van der Waals surface area contributed by atoms with E-state index in [4.69, 9.17) is 10.5 Å². The minimum absolute atomic E-state index is 0.155. The minimum atomic E-state index is -0.699. The summed E-state index contributed by atoms with van der Waals surface area (Å²) in [5, 5.41) is 2.47. The Labute approximate surface area is 100.0 Å². The molecule has 5 heteroatoms. The fourth-order valence-corrected chi connectivity index (χ4v) is 1.34. The third kappa shape index (κ3) is 4.13. The van der Waals surface area contributed by atoms with Crippen molar-refractivity contribution in [2.24, 2.45) is 5.73 Å². The molecule has 1 atom stereocenters. The maximum absolute atomic E-state index is 13.4. The van der Waals surface area contributed by atoms with Crippen molar-refractivity contribution in [3.05, 3.63) is 29.6 Å². The molecule has 1 amide bonds. The highest BCUT2D eigenvalue weighted by molar-refractivity contribution is 5.94. The average molecular weight is 240 g/mol. The molecule has 0 saturated heterocycles. The van der Waals surface area contributed by atoms with Crippen molar-refractivity contribution in [1.82, 2.24) is 0 Å². The Morgan fingerprint density at radius 3 is 2.94 bits per heavy atom. The van der Waals surface area contributed by atoms with Crippen LogP contribution in [0.25, 0.3) is 0 Å². The Hall–Kier alpha value is -1.46. The molecule has 1 aromatic carbocycles. The van der Waals surface area contributed by atoms with Gasteiger partial charge in [-0.05, 0) is 31.0 Å². The lowest BCUT2D eigenvalue weighted by Crippen LogP contribution is -2.36. The fraction of sp³-hybridized carbons (Fsp3) is 0.417. The van der Waals surface area contributed by atoms with E-state index in [0.29, 0.717) is 13.0 Å². The van der Waals surface area contributed by atoms with E-state index in [0.717, 1.165) is 5.56 Å². The topological polar surface area (TPSA) is 64.3 Å². The molecule has 1 unspecified atom stereocenters. The number of anilines is 1. The first-order valence-electron chi connectivity index (χ1n) is 5.36. The van der Waals surface area contributed by atoms with Crippen LogP contribution < -0.4 is 11.1 Å². The number of carbonyl (C=O) groups excluding carboxylic acids is 1. The molecular weight excluding hydrogens is 223 g/mol. The number of ether oxygens (including phenoxy) is 1. The van der Waals surface area contributed by atoms with Crippen molar-refractivity contribution < 1.29 is 13.9 Å². The van der Waals surface area contributed by atoms with Crippen LogP contribution in [0.1, 0.15) is 12.0 Å². The van der Waals surface area contributed by atoms with E-state index in [-0.39, 0.29) is 5.69 Å². The molecule has 0 bridgehead atoms. The molecular formula is C12H17FN2O2. The summed E-state index contributed by atoms with van der Waals surface area (Å²) in [6.07, 6.45) is 0.399. The van der Waals surface area contributed by atoms with Gasteiger partial charge in [-0.1, -0.05) is 6.07 Å². The summed E-state index contributed by atoms with van der Waals surface area (Å²) in [5.74, 6) is -0.880. The number of methoxy groups -OCH3 is 1. The van der Waals surface area contributed by atoms with Crippen LogP contribution in [-0.2, 0) is 9.53 Å². The summed E-state index contributed by atoms with van der Waals surface area (Å²) in [7, 11) is 1.53. The summed E-state index contributed by atoms with van der Waals surface area (Å²) < 4.78 is 18.2. The van der Waals surface area contributed by atoms with E-state index in [1.165, 1.54) is 13.2 Å². The second-order valence-electron chi connectivity index (χ2n) is 3.86. The van der Waals surface area contributed by atoms with Crippen LogP contribution in [0.15, 0.2) is 18.2 Å². The Balaban J connectivity index is 2.64. The second kappa shape index (κ2) is 6.32. The number of hydrogen-bond acceptors (Lipinski definition) is 3. The fourth-order valence-electron chi connectivity index (χ4n) is 1.34. The van der Waals surface area contributed by atoms with E-state index in [1.807, 2.05) is 6.92 Å². The zero-order valence-electron chi connectivity index (χ0n) is 10.00. The first kappa shape index (κ1) is 13.6. The van der Waals surface area contributed by atoms with Gasteiger partial charge in [0.05, 0.1) is 11.7 Å². The molecule has 0 aromatic heterocycles. The lowest BCUT2D eigenvalue weighted by atomic mass is 10.2. The Bertz CT molecular complexity index is 396. The van der Waals surface area contributed by atoms with Crippen molar-refractivity contribution in [2.45, 2.75) is 19.4 Å². The lowest BCUT2D eigenvalue weighted by Gasteiger charge is -2.12. The van der Waals surface area contributed by atoms with E-state index in [2.05, 4.69) is 5.32 Å². The van der Waals surface area contributed by atoms with Gasteiger partial charge in [-0.2, -0.15) is 0 Å². The number of aryl methyl sites for hydroxylation is 1. The van der Waals surface area contributed by atoms with Crippen LogP contribution in [0.2, 0.25) is 0 Å². The van der Waals surface area contributed by atoms with Gasteiger partial charge in [0, 0.05) is 13.7 Å². The highest BCUT2D eigenvalue weighted by Gasteiger charge is 2.14. The first-order chi connectivity index (χ1) is 8.04. The molecule has 4 nitrogen and oxygen atoms in total. The number of benzene rings is 1. The maximum Gasteiger partial charge on any atom is 0.241 e. The molecule has 0 fully saturated rings. The summed E-state index contributed by atoms with van der Waals surface area (Å²) >= 11 is 0. The maximum atomic E-state index is 13.4. The molecule has 94 valence electrons. The van der Waals surface area contributed by atoms with Crippen LogP contribution in [0, 0.1) is 12.7 Å². The molecule has 0 saturated carbocycles. The van der Waals surface area contributed by atoms with E-state index in [9.17, 15) is 9.18 Å². The predicted molar refractivity (Wildman–Crippen MR) is 64.2 cm³/mol. The third-order valence-electron chi connectivity index (χ3n) is 2.35. The molecule has 1 rings (SSSR count). The van der Waals surface area contributed by atoms with E-state index >= 15 is 0 Å². The summed E-state index contributed by atoms with van der Waals surface area (Å²) in [4.78, 5) is 11.6. The van der Waals surface area contributed by atoms with Crippen LogP contribution >= 0.6 is 0 Å². The summed E-state index contributed by atoms with van der Waals surface area (Å²) in [5.41, 5.74) is 6.65. The molecule has 0 aliphatic carbocycles. The van der Waals surface area contributed by atoms with Gasteiger partial charge in [0.2, 0.25) is 5.91 Å². The largest absolute Gasteiger partial charge is 0.385 e. The third-order valence-corrected chi connectivity index (χ3v) is 2.35. The first-order valence-corrected chi connectivity index (χ1v) is 5.36. The molecule has 17 heavy (non-hydrogen) atoms. The highest BCUT2D eigenvalue weighted by Crippen LogP contribution is 2.15. The Kier molecular flexibility index (Phi) is 5.06. The Morgan fingerprint density at radius 1 is 1.59 bits per heavy atom. The van der Waals surface area contributed by atoms with Gasteiger partial charge in [0.25, 0.3) is 0 Å². The van der Waals surface area contributed by atoms with Crippen LogP contribution in [0.4, 0.5) is 10.1 Å². The van der Waals surface area contributed by atoms with Crippen molar-refractivity contribution in [2.75, 3.05) is 19.0 Å². The zero-order valence-corrected chi connectivity index (χ0v) is 10.00. The quantitative estimate of drug-likeness (QED) is 0.818. The number of nitrogens with one attached hydrogen (secondary N) is 1. The number of carbonyl (C=O) groups is 1. The van der Waals surface area contributed by atoms with Gasteiger partial charge in [-0.3, -0.25) is 4.79 Å². The van der Waals surface area contributed by atoms with Crippen LogP contribution in [-0.4, -0.2) is 25.7 Å². The number of rotatable bonds is 5. The predicted octanol–water partition coefficient (Wildman–Crippen LogP) is 1.44. The summed E-state index contributed by atoms with van der Waals surface area (Å²) in [6, 6.07) is 3.81. The molecule has 0 aliphatic heterocycles. The molecule has 0 radical (unpaired) electrons. The highest BCUT2D eigenvalue weighted by atomic mass is 19.1. The monoisotopic (exact) mass is 240 g/mol.